The molecular weight excluding hydrogens is 229 g/mol. The van der Waals surface area contributed by atoms with Crippen LogP contribution in [0.2, 0.25) is 0 Å². The molecule has 0 bridgehead atoms. The molecule has 0 aliphatic rings. The van der Waals surface area contributed by atoms with Gasteiger partial charge in [-0.25, -0.2) is 0 Å². The number of nitroso groups, excluding NO2 is 1. The topological polar surface area (TPSA) is 29.4 Å². The summed E-state index contributed by atoms with van der Waals surface area (Å²) >= 11 is 8.84. The Morgan fingerprint density at radius 1 is 1.45 bits per heavy atom. The maximum atomic E-state index is 10.1. The van der Waals surface area contributed by atoms with E-state index in [0.717, 1.165) is 4.47 Å². The number of rotatable bonds is 2. The van der Waals surface area contributed by atoms with E-state index in [1.54, 1.807) is 12.1 Å². The van der Waals surface area contributed by atoms with E-state index in [0.29, 0.717) is 5.56 Å². The molecule has 0 spiro atoms. The molecule has 1 atom stereocenters. The summed E-state index contributed by atoms with van der Waals surface area (Å²) in [6, 6.07) is 7.22. The quantitative estimate of drug-likeness (QED) is 0.438. The second-order valence-electron chi connectivity index (χ2n) is 1.96. The number of halogens is 2. The smallest absolute Gasteiger partial charge is 0.149 e. The molecule has 0 aliphatic carbocycles. The summed E-state index contributed by atoms with van der Waals surface area (Å²) in [5, 5.41) is 2.70. The maximum Gasteiger partial charge on any atom is 0.191 e. The van der Waals surface area contributed by atoms with Gasteiger partial charge in [-0.2, -0.15) is 0 Å². The van der Waals surface area contributed by atoms with Crippen LogP contribution in [0.25, 0.3) is 0 Å². The zero-order chi connectivity index (χ0) is 8.27. The highest BCUT2D eigenvalue weighted by Crippen LogP contribution is 2.28. The van der Waals surface area contributed by atoms with Crippen LogP contribution in [0.5, 0.6) is 0 Å². The van der Waals surface area contributed by atoms with Crippen molar-refractivity contribution in [1.29, 1.82) is 0 Å². The van der Waals surface area contributed by atoms with E-state index in [4.69, 9.17) is 11.6 Å². The zero-order valence-corrected chi connectivity index (χ0v) is 7.84. The third-order valence-electron chi connectivity index (χ3n) is 1.25. The van der Waals surface area contributed by atoms with Crippen molar-refractivity contribution in [2.75, 3.05) is 0 Å². The van der Waals surface area contributed by atoms with Crippen molar-refractivity contribution in [3.05, 3.63) is 39.2 Å². The fraction of sp³-hybridized carbons (Fsp3) is 0.143. The van der Waals surface area contributed by atoms with Gasteiger partial charge in [0.2, 0.25) is 0 Å². The van der Waals surface area contributed by atoms with Gasteiger partial charge in [-0.05, 0) is 11.2 Å². The Morgan fingerprint density at radius 3 is 2.64 bits per heavy atom. The minimum absolute atomic E-state index is 0.698. The summed E-state index contributed by atoms with van der Waals surface area (Å²) in [7, 11) is 0. The Bertz CT molecular complexity index is 266. The zero-order valence-electron chi connectivity index (χ0n) is 5.50. The van der Waals surface area contributed by atoms with Crippen molar-refractivity contribution < 1.29 is 0 Å². The van der Waals surface area contributed by atoms with E-state index in [2.05, 4.69) is 21.1 Å². The molecule has 0 saturated heterocycles. The highest BCUT2D eigenvalue weighted by molar-refractivity contribution is 9.10. The minimum Gasteiger partial charge on any atom is -0.149 e. The van der Waals surface area contributed by atoms with Crippen molar-refractivity contribution in [2.45, 2.75) is 5.50 Å². The molecule has 4 heteroatoms. The van der Waals surface area contributed by atoms with Gasteiger partial charge in [0.1, 0.15) is 0 Å². The molecule has 0 aromatic heterocycles. The van der Waals surface area contributed by atoms with Crippen molar-refractivity contribution in [2.24, 2.45) is 5.18 Å². The van der Waals surface area contributed by atoms with E-state index in [1.807, 2.05) is 12.1 Å². The Balaban J connectivity index is 3.02. The first kappa shape index (κ1) is 8.68. The molecule has 0 saturated carbocycles. The summed E-state index contributed by atoms with van der Waals surface area (Å²) in [5.74, 6) is 0. The molecule has 1 aromatic rings. The number of hydrogen-bond acceptors (Lipinski definition) is 2. The lowest BCUT2D eigenvalue weighted by Crippen LogP contribution is -1.85. The van der Waals surface area contributed by atoms with E-state index < -0.39 is 5.50 Å². The number of nitrogens with zero attached hydrogens (tertiary/aromatic N) is 1. The molecule has 58 valence electrons. The number of benzene rings is 1. The van der Waals surface area contributed by atoms with Crippen LogP contribution in [0.3, 0.4) is 0 Å². The minimum atomic E-state index is -0.800. The number of hydrogen-bond donors (Lipinski definition) is 0. The number of alkyl halides is 1. The Kier molecular flexibility index (Phi) is 3.02. The third kappa shape index (κ3) is 2.01. The van der Waals surface area contributed by atoms with Crippen LogP contribution < -0.4 is 0 Å². The molecule has 0 aliphatic heterocycles. The van der Waals surface area contributed by atoms with E-state index >= 15 is 0 Å². The summed E-state index contributed by atoms with van der Waals surface area (Å²) < 4.78 is 0.805. The molecule has 0 N–H and O–H groups in total. The van der Waals surface area contributed by atoms with Gasteiger partial charge in [0.15, 0.2) is 5.50 Å². The molecule has 1 unspecified atom stereocenters. The van der Waals surface area contributed by atoms with Gasteiger partial charge in [0, 0.05) is 10.0 Å². The van der Waals surface area contributed by atoms with Crippen LogP contribution in [0.4, 0.5) is 0 Å². The lowest BCUT2D eigenvalue weighted by molar-refractivity contribution is 0.997. The molecule has 1 aromatic carbocycles. The van der Waals surface area contributed by atoms with Gasteiger partial charge in [-0.15, -0.1) is 4.91 Å². The summed E-state index contributed by atoms with van der Waals surface area (Å²) in [6.45, 7) is 0. The van der Waals surface area contributed by atoms with E-state index in [-0.39, 0.29) is 0 Å². The second kappa shape index (κ2) is 3.83. The maximum absolute atomic E-state index is 10.1. The summed E-state index contributed by atoms with van der Waals surface area (Å²) in [6.07, 6.45) is 0. The molecular formula is C7H5BrClNO. The van der Waals surface area contributed by atoms with Crippen molar-refractivity contribution in [3.8, 4) is 0 Å². The lowest BCUT2D eigenvalue weighted by Gasteiger charge is -2.01. The van der Waals surface area contributed by atoms with E-state index in [1.165, 1.54) is 0 Å². The Labute approximate surface area is 77.7 Å². The fourth-order valence-electron chi connectivity index (χ4n) is 0.725. The average Bonchev–Trinajstić information content (AvgIpc) is 2.04. The molecule has 0 heterocycles. The summed E-state index contributed by atoms with van der Waals surface area (Å²) in [5.41, 5.74) is -0.102. The van der Waals surface area contributed by atoms with Crippen molar-refractivity contribution >= 4 is 27.5 Å². The van der Waals surface area contributed by atoms with Gasteiger partial charge < -0.3 is 0 Å². The van der Waals surface area contributed by atoms with E-state index in [9.17, 15) is 4.91 Å². The molecule has 1 rings (SSSR count). The van der Waals surface area contributed by atoms with Gasteiger partial charge in [0.05, 0.1) is 0 Å². The SMILES string of the molecule is O=NC(Cl)c1ccccc1Br. The van der Waals surface area contributed by atoms with Crippen molar-refractivity contribution in [3.63, 3.8) is 0 Å². The highest BCUT2D eigenvalue weighted by Gasteiger charge is 2.09. The van der Waals surface area contributed by atoms with Crippen LogP contribution >= 0.6 is 27.5 Å². The molecule has 11 heavy (non-hydrogen) atoms. The first-order valence-electron chi connectivity index (χ1n) is 2.96. The molecule has 0 amide bonds. The predicted octanol–water partition coefficient (Wildman–Crippen LogP) is 3.45. The average molecular weight is 234 g/mol. The summed E-state index contributed by atoms with van der Waals surface area (Å²) in [4.78, 5) is 10.1. The lowest BCUT2D eigenvalue weighted by atomic mass is 10.2. The highest BCUT2D eigenvalue weighted by atomic mass is 79.9. The van der Waals surface area contributed by atoms with Crippen LogP contribution in [-0.2, 0) is 0 Å². The fourth-order valence-corrected chi connectivity index (χ4v) is 1.55. The Morgan fingerprint density at radius 2 is 2.09 bits per heavy atom. The van der Waals surface area contributed by atoms with Crippen molar-refractivity contribution in [1.82, 2.24) is 0 Å². The van der Waals surface area contributed by atoms with Crippen LogP contribution in [-0.4, -0.2) is 0 Å². The predicted molar refractivity (Wildman–Crippen MR) is 48.5 cm³/mol. The van der Waals surface area contributed by atoms with Gasteiger partial charge >= 0.3 is 0 Å². The van der Waals surface area contributed by atoms with Crippen LogP contribution in [0, 0.1) is 4.91 Å². The molecule has 0 fully saturated rings. The first-order valence-corrected chi connectivity index (χ1v) is 4.19. The molecule has 0 radical (unpaired) electrons. The monoisotopic (exact) mass is 233 g/mol. The normalized spacial score (nSPS) is 12.5. The van der Waals surface area contributed by atoms with Gasteiger partial charge in [-0.3, -0.25) is 0 Å². The molecule has 2 nitrogen and oxygen atoms in total. The standard InChI is InChI=1S/C7H5BrClNO/c8-6-4-2-1-3-5(6)7(9)10-11/h1-4,7H. The van der Waals surface area contributed by atoms with Crippen LogP contribution in [0.1, 0.15) is 11.1 Å². The second-order valence-corrected chi connectivity index (χ2v) is 3.23. The van der Waals surface area contributed by atoms with Gasteiger partial charge in [-0.1, -0.05) is 45.7 Å². The van der Waals surface area contributed by atoms with Gasteiger partial charge in [0.25, 0.3) is 0 Å². The Hall–Kier alpha value is -0.410. The largest absolute Gasteiger partial charge is 0.191 e. The third-order valence-corrected chi connectivity index (χ3v) is 2.29. The van der Waals surface area contributed by atoms with Crippen LogP contribution in [0.15, 0.2) is 33.9 Å². The first-order chi connectivity index (χ1) is 5.25.